The van der Waals surface area contributed by atoms with Gasteiger partial charge < -0.3 is 9.47 Å². The Labute approximate surface area is 141 Å². The molecular formula is C15H11Cl2NO5. The monoisotopic (exact) mass is 355 g/mol. The van der Waals surface area contributed by atoms with Gasteiger partial charge in [0.2, 0.25) is 0 Å². The van der Waals surface area contributed by atoms with E-state index in [-0.39, 0.29) is 23.1 Å². The van der Waals surface area contributed by atoms with Crippen molar-refractivity contribution in [2.75, 3.05) is 6.61 Å². The van der Waals surface area contributed by atoms with Gasteiger partial charge >= 0.3 is 5.97 Å². The van der Waals surface area contributed by atoms with Gasteiger partial charge in [0.15, 0.2) is 6.61 Å². The van der Waals surface area contributed by atoms with Gasteiger partial charge in [-0.3, -0.25) is 10.1 Å². The number of non-ortho nitro benzene ring substituents is 1. The molecule has 2 rings (SSSR count). The van der Waals surface area contributed by atoms with Crippen LogP contribution in [0.4, 0.5) is 5.69 Å². The lowest BCUT2D eigenvalue weighted by Crippen LogP contribution is -2.18. The lowest BCUT2D eigenvalue weighted by atomic mass is 10.2. The second kappa shape index (κ2) is 7.30. The molecule has 2 aromatic rings. The summed E-state index contributed by atoms with van der Waals surface area (Å²) in [5.41, 5.74) is 0.585. The van der Waals surface area contributed by atoms with Crippen molar-refractivity contribution in [3.63, 3.8) is 0 Å². The zero-order valence-corrected chi connectivity index (χ0v) is 13.4. The molecule has 0 fully saturated rings. The highest BCUT2D eigenvalue weighted by Gasteiger charge is 2.14. The molecule has 0 aromatic heterocycles. The highest BCUT2D eigenvalue weighted by Crippen LogP contribution is 2.29. The predicted molar refractivity (Wildman–Crippen MR) is 85.4 cm³/mol. The average molecular weight is 356 g/mol. The Balaban J connectivity index is 1.98. The Morgan fingerprint density at radius 1 is 1.17 bits per heavy atom. The number of carbonyl (C=O) groups is 1. The van der Waals surface area contributed by atoms with E-state index in [0.29, 0.717) is 10.8 Å². The fourth-order valence-corrected chi connectivity index (χ4v) is 2.19. The molecule has 0 radical (unpaired) electrons. The van der Waals surface area contributed by atoms with Crippen LogP contribution in [-0.2, 0) is 4.79 Å². The molecule has 0 spiro atoms. The summed E-state index contributed by atoms with van der Waals surface area (Å²) in [6, 6.07) is 8.54. The molecule has 0 aliphatic carbocycles. The van der Waals surface area contributed by atoms with E-state index in [4.69, 9.17) is 32.7 Å². The van der Waals surface area contributed by atoms with Gasteiger partial charge in [0.1, 0.15) is 11.5 Å². The Bertz CT molecular complexity index is 764. The van der Waals surface area contributed by atoms with Gasteiger partial charge in [-0.15, -0.1) is 0 Å². The van der Waals surface area contributed by atoms with E-state index >= 15 is 0 Å². The Morgan fingerprint density at radius 3 is 2.48 bits per heavy atom. The first-order valence-corrected chi connectivity index (χ1v) is 7.16. The number of esters is 1. The van der Waals surface area contributed by atoms with Gasteiger partial charge in [0.05, 0.1) is 9.95 Å². The van der Waals surface area contributed by atoms with Crippen LogP contribution >= 0.6 is 23.2 Å². The maximum Gasteiger partial charge on any atom is 0.349 e. The van der Waals surface area contributed by atoms with Crippen LogP contribution in [0.15, 0.2) is 36.4 Å². The van der Waals surface area contributed by atoms with E-state index in [1.165, 1.54) is 12.1 Å². The quantitative estimate of drug-likeness (QED) is 0.347. The number of nitro benzene ring substituents is 1. The number of hydrogen-bond donors (Lipinski definition) is 0. The molecule has 6 nitrogen and oxygen atoms in total. The fourth-order valence-electron chi connectivity index (χ4n) is 1.75. The Kier molecular flexibility index (Phi) is 5.41. The van der Waals surface area contributed by atoms with E-state index in [1.807, 2.05) is 0 Å². The number of nitro groups is 1. The number of ether oxygens (including phenoxy) is 2. The molecule has 0 aliphatic rings. The van der Waals surface area contributed by atoms with E-state index < -0.39 is 10.9 Å². The second-order valence-electron chi connectivity index (χ2n) is 4.54. The summed E-state index contributed by atoms with van der Waals surface area (Å²) in [6.07, 6.45) is 0. The smallest absolute Gasteiger partial charge is 0.349 e. The van der Waals surface area contributed by atoms with Crippen LogP contribution in [0, 0.1) is 17.0 Å². The lowest BCUT2D eigenvalue weighted by Gasteiger charge is -2.09. The molecule has 0 heterocycles. The van der Waals surface area contributed by atoms with Crippen LogP contribution in [0.1, 0.15) is 5.56 Å². The van der Waals surface area contributed by atoms with Gasteiger partial charge in [-0.1, -0.05) is 23.2 Å². The third kappa shape index (κ3) is 4.58. The highest BCUT2D eigenvalue weighted by atomic mass is 35.5. The van der Waals surface area contributed by atoms with Crippen LogP contribution in [0.2, 0.25) is 10.0 Å². The predicted octanol–water partition coefficient (Wildman–Crippen LogP) is 4.19. The second-order valence-corrected chi connectivity index (χ2v) is 5.39. The molecule has 0 N–H and O–H groups in total. The van der Waals surface area contributed by atoms with Gasteiger partial charge in [-0.05, 0) is 36.8 Å². The van der Waals surface area contributed by atoms with Crippen molar-refractivity contribution in [2.45, 2.75) is 6.92 Å². The standard InChI is InChI=1S/C15H11Cl2NO5/c1-9-6-10(16)2-4-13(9)22-8-15(19)23-14-5-3-11(18(20)21)7-12(14)17/h2-7H,8H2,1H3. The molecule has 0 saturated heterocycles. The molecule has 120 valence electrons. The van der Waals surface area contributed by atoms with Crippen LogP contribution in [0.25, 0.3) is 0 Å². The summed E-state index contributed by atoms with van der Waals surface area (Å²) in [7, 11) is 0. The molecule has 2 aromatic carbocycles. The van der Waals surface area contributed by atoms with Crippen molar-refractivity contribution >= 4 is 34.9 Å². The normalized spacial score (nSPS) is 10.2. The van der Waals surface area contributed by atoms with Crippen molar-refractivity contribution in [3.05, 3.63) is 62.1 Å². The topological polar surface area (TPSA) is 78.7 Å². The van der Waals surface area contributed by atoms with Crippen LogP contribution < -0.4 is 9.47 Å². The average Bonchev–Trinajstić information content (AvgIpc) is 2.48. The first-order valence-electron chi connectivity index (χ1n) is 6.40. The molecular weight excluding hydrogens is 345 g/mol. The maximum absolute atomic E-state index is 11.8. The molecule has 0 atom stereocenters. The van der Waals surface area contributed by atoms with E-state index in [9.17, 15) is 14.9 Å². The summed E-state index contributed by atoms with van der Waals surface area (Å²) < 4.78 is 10.4. The largest absolute Gasteiger partial charge is 0.482 e. The number of benzene rings is 2. The van der Waals surface area contributed by atoms with Crippen molar-refractivity contribution in [2.24, 2.45) is 0 Å². The van der Waals surface area contributed by atoms with Gasteiger partial charge in [0.25, 0.3) is 5.69 Å². The third-order valence-electron chi connectivity index (χ3n) is 2.83. The van der Waals surface area contributed by atoms with Crippen molar-refractivity contribution in [3.8, 4) is 11.5 Å². The van der Waals surface area contributed by atoms with Crippen molar-refractivity contribution < 1.29 is 19.2 Å². The van der Waals surface area contributed by atoms with E-state index in [2.05, 4.69) is 0 Å². The summed E-state index contributed by atoms with van der Waals surface area (Å²) in [5, 5.41) is 11.1. The van der Waals surface area contributed by atoms with Crippen LogP contribution in [0.5, 0.6) is 11.5 Å². The van der Waals surface area contributed by atoms with Crippen LogP contribution in [-0.4, -0.2) is 17.5 Å². The molecule has 0 amide bonds. The first kappa shape index (κ1) is 17.1. The maximum atomic E-state index is 11.8. The van der Waals surface area contributed by atoms with Gasteiger partial charge in [-0.25, -0.2) is 4.79 Å². The number of rotatable bonds is 5. The number of halogens is 2. The summed E-state index contributed by atoms with van der Waals surface area (Å²) >= 11 is 11.7. The Hall–Kier alpha value is -2.31. The van der Waals surface area contributed by atoms with E-state index in [0.717, 1.165) is 11.6 Å². The molecule has 0 aliphatic heterocycles. The summed E-state index contributed by atoms with van der Waals surface area (Å²) in [5.74, 6) is -0.157. The van der Waals surface area contributed by atoms with Gasteiger partial charge in [-0.2, -0.15) is 0 Å². The molecule has 8 heteroatoms. The van der Waals surface area contributed by atoms with Crippen LogP contribution in [0.3, 0.4) is 0 Å². The van der Waals surface area contributed by atoms with Gasteiger partial charge in [0, 0.05) is 17.2 Å². The number of hydrogen-bond acceptors (Lipinski definition) is 5. The number of aryl methyl sites for hydroxylation is 1. The Morgan fingerprint density at radius 2 is 1.87 bits per heavy atom. The fraction of sp³-hybridized carbons (Fsp3) is 0.133. The first-order chi connectivity index (χ1) is 10.9. The van der Waals surface area contributed by atoms with Crippen molar-refractivity contribution in [1.82, 2.24) is 0 Å². The molecule has 0 unspecified atom stereocenters. The minimum Gasteiger partial charge on any atom is -0.482 e. The van der Waals surface area contributed by atoms with Crippen molar-refractivity contribution in [1.29, 1.82) is 0 Å². The molecule has 23 heavy (non-hydrogen) atoms. The highest BCUT2D eigenvalue weighted by molar-refractivity contribution is 6.32. The summed E-state index contributed by atoms with van der Waals surface area (Å²) in [6.45, 7) is 1.45. The zero-order valence-electron chi connectivity index (χ0n) is 11.9. The third-order valence-corrected chi connectivity index (χ3v) is 3.36. The van der Waals surface area contributed by atoms with E-state index in [1.54, 1.807) is 25.1 Å². The zero-order chi connectivity index (χ0) is 17.0. The minimum absolute atomic E-state index is 0.0266. The minimum atomic E-state index is -0.685. The lowest BCUT2D eigenvalue weighted by molar-refractivity contribution is -0.384. The SMILES string of the molecule is Cc1cc(Cl)ccc1OCC(=O)Oc1ccc([N+](=O)[O-])cc1Cl. The molecule has 0 saturated carbocycles. The molecule has 0 bridgehead atoms. The number of nitrogens with zero attached hydrogens (tertiary/aromatic N) is 1. The number of carbonyl (C=O) groups excluding carboxylic acids is 1. The summed E-state index contributed by atoms with van der Waals surface area (Å²) in [4.78, 5) is 21.8.